The first kappa shape index (κ1) is 42.7. The second-order valence-corrected chi connectivity index (χ2v) is 19.5. The van der Waals surface area contributed by atoms with Crippen molar-refractivity contribution in [3.63, 3.8) is 0 Å². The standard InChI is InChI=1S/C19H23N5O2S.C11H17ClN4O2S.C9H8.CH4/c1-14-13-26-11-10-23(14)18-12-17(22-27(2,3)25)20-19(21-18)24-9-8-15-6-4-5-7-16(15)24;1-8-7-18-5-4-16(8)10-6-9(13-11(12)14-10)15-19(2,3)17;1-2-5-9-7-3-6-8(9)4-1;/h4-9,12,14H,10-11,13H2,1-3H3;6,8H,4-5,7H2,1-3H3;1-6H,7H2;1H4/t14-;8-;;/m11../s1. The summed E-state index contributed by atoms with van der Waals surface area (Å²) in [7, 11) is -4.61. The summed E-state index contributed by atoms with van der Waals surface area (Å²) in [6.07, 6.45) is 13.8. The van der Waals surface area contributed by atoms with Gasteiger partial charge in [-0.1, -0.05) is 62.0 Å². The summed E-state index contributed by atoms with van der Waals surface area (Å²) in [4.78, 5) is 21.9. The first-order chi connectivity index (χ1) is 26.2. The van der Waals surface area contributed by atoms with Crippen LogP contribution in [0.2, 0.25) is 5.28 Å². The van der Waals surface area contributed by atoms with Crippen molar-refractivity contribution in [3.05, 3.63) is 95.4 Å². The summed E-state index contributed by atoms with van der Waals surface area (Å²) in [6, 6.07) is 22.5. The van der Waals surface area contributed by atoms with Gasteiger partial charge in [-0.2, -0.15) is 23.7 Å². The lowest BCUT2D eigenvalue weighted by molar-refractivity contribution is 0.0985. The van der Waals surface area contributed by atoms with Crippen molar-refractivity contribution < 1.29 is 17.9 Å². The van der Waals surface area contributed by atoms with Crippen LogP contribution >= 0.6 is 11.6 Å². The zero-order valence-electron chi connectivity index (χ0n) is 32.0. The number of para-hydroxylation sites is 1. The van der Waals surface area contributed by atoms with Crippen LogP contribution in [0.1, 0.15) is 32.4 Å². The molecule has 56 heavy (non-hydrogen) atoms. The molecule has 13 nitrogen and oxygen atoms in total. The number of morpholine rings is 2. The molecule has 0 bridgehead atoms. The van der Waals surface area contributed by atoms with Gasteiger partial charge in [0.25, 0.3) is 0 Å². The second kappa shape index (κ2) is 18.7. The van der Waals surface area contributed by atoms with Gasteiger partial charge < -0.3 is 19.3 Å². The van der Waals surface area contributed by atoms with E-state index >= 15 is 0 Å². The van der Waals surface area contributed by atoms with Crippen LogP contribution in [0.25, 0.3) is 22.9 Å². The maximum absolute atomic E-state index is 12.3. The van der Waals surface area contributed by atoms with Gasteiger partial charge in [-0.15, -0.1) is 0 Å². The lowest BCUT2D eigenvalue weighted by Gasteiger charge is -2.34. The SMILES string of the molecule is C.C1=Cc2ccccc2C1.C[C@@H]1COCCN1c1cc(N=S(C)(C)=O)nc(-n2ccc3ccccc32)n1.C[C@@H]1COCCN1c1cc(N=S(C)(C)=O)nc(Cl)n1. The highest BCUT2D eigenvalue weighted by atomic mass is 35.5. The van der Waals surface area contributed by atoms with E-state index in [0.29, 0.717) is 49.8 Å². The van der Waals surface area contributed by atoms with Gasteiger partial charge >= 0.3 is 0 Å². The van der Waals surface area contributed by atoms with Crippen LogP contribution in [0.3, 0.4) is 0 Å². The van der Waals surface area contributed by atoms with E-state index < -0.39 is 19.5 Å². The Balaban J connectivity index is 0.000000179. The molecule has 3 aliphatic rings. The number of allylic oxidation sites excluding steroid dienone is 1. The van der Waals surface area contributed by atoms with Crippen LogP contribution in [0.5, 0.6) is 0 Å². The van der Waals surface area contributed by atoms with Gasteiger partial charge in [0.1, 0.15) is 11.6 Å². The highest BCUT2D eigenvalue weighted by Crippen LogP contribution is 2.27. The zero-order chi connectivity index (χ0) is 39.2. The number of ether oxygens (including phenoxy) is 2. The fourth-order valence-corrected chi connectivity index (χ4v) is 7.60. The number of benzene rings is 2. The zero-order valence-corrected chi connectivity index (χ0v) is 34.4. The monoisotopic (exact) mass is 821 g/mol. The van der Waals surface area contributed by atoms with Crippen LogP contribution in [-0.2, 0) is 35.4 Å². The smallest absolute Gasteiger partial charge is 0.238 e. The first-order valence-electron chi connectivity index (χ1n) is 18.0. The fraction of sp³-hybridized carbons (Fsp3) is 0.400. The molecule has 2 atom stereocenters. The van der Waals surface area contributed by atoms with Gasteiger partial charge in [-0.25, -0.2) is 13.4 Å². The normalized spacial score (nSPS) is 17.8. The fourth-order valence-electron chi connectivity index (χ4n) is 6.34. The van der Waals surface area contributed by atoms with E-state index in [1.54, 1.807) is 31.1 Å². The van der Waals surface area contributed by atoms with Gasteiger partial charge in [0, 0.05) is 81.3 Å². The van der Waals surface area contributed by atoms with Crippen molar-refractivity contribution >= 4 is 71.3 Å². The molecule has 0 radical (unpaired) electrons. The molecule has 8 rings (SSSR count). The summed E-state index contributed by atoms with van der Waals surface area (Å²) in [5.74, 6) is 2.77. The van der Waals surface area contributed by atoms with Gasteiger partial charge in [0.05, 0.1) is 44.0 Å². The van der Waals surface area contributed by atoms with Crippen LogP contribution in [-0.4, -0.2) is 110 Å². The molecule has 0 spiro atoms. The Hall–Kier alpha value is -4.41. The minimum atomic E-state index is -2.33. The topological polar surface area (TPSA) is 140 Å². The highest BCUT2D eigenvalue weighted by Gasteiger charge is 2.23. The van der Waals surface area contributed by atoms with E-state index in [4.69, 9.17) is 26.1 Å². The predicted molar refractivity (Wildman–Crippen MR) is 231 cm³/mol. The molecule has 5 heterocycles. The minimum Gasteiger partial charge on any atom is -0.377 e. The number of hydrogen-bond donors (Lipinski definition) is 0. The molecular formula is C40H52ClN9O4S2. The maximum Gasteiger partial charge on any atom is 0.238 e. The lowest BCUT2D eigenvalue weighted by atomic mass is 10.1. The Morgan fingerprint density at radius 2 is 1.32 bits per heavy atom. The third kappa shape index (κ3) is 11.6. The molecule has 16 heteroatoms. The summed E-state index contributed by atoms with van der Waals surface area (Å²) in [5.41, 5.74) is 3.86. The van der Waals surface area contributed by atoms with E-state index in [-0.39, 0.29) is 24.8 Å². The molecule has 1 aliphatic carbocycles. The largest absolute Gasteiger partial charge is 0.377 e. The van der Waals surface area contributed by atoms with E-state index in [9.17, 15) is 8.42 Å². The molecular weight excluding hydrogens is 770 g/mol. The van der Waals surface area contributed by atoms with Gasteiger partial charge in [0.15, 0.2) is 11.6 Å². The summed E-state index contributed by atoms with van der Waals surface area (Å²) in [5, 5.41) is 1.22. The number of halogens is 1. The van der Waals surface area contributed by atoms with Crippen LogP contribution < -0.4 is 9.80 Å². The molecule has 0 saturated carbocycles. The highest BCUT2D eigenvalue weighted by molar-refractivity contribution is 7.92. The van der Waals surface area contributed by atoms with Gasteiger partial charge in [-0.3, -0.25) is 4.57 Å². The molecule has 2 aromatic carbocycles. The van der Waals surface area contributed by atoms with E-state index in [1.807, 2.05) is 41.1 Å². The van der Waals surface area contributed by atoms with Crippen molar-refractivity contribution in [1.29, 1.82) is 0 Å². The van der Waals surface area contributed by atoms with Crippen molar-refractivity contribution in [1.82, 2.24) is 24.5 Å². The molecule has 0 unspecified atom stereocenters. The second-order valence-electron chi connectivity index (χ2n) is 14.1. The Morgan fingerprint density at radius 3 is 1.93 bits per heavy atom. The van der Waals surface area contributed by atoms with Crippen molar-refractivity contribution in [3.8, 4) is 5.95 Å². The van der Waals surface area contributed by atoms with Gasteiger partial charge in [0.2, 0.25) is 11.2 Å². The average Bonchev–Trinajstić information content (AvgIpc) is 3.79. The Bertz CT molecular complexity index is 2410. The quantitative estimate of drug-likeness (QED) is 0.163. The summed E-state index contributed by atoms with van der Waals surface area (Å²) < 4.78 is 45.2. The summed E-state index contributed by atoms with van der Waals surface area (Å²) >= 11 is 5.91. The Labute approximate surface area is 336 Å². The first-order valence-corrected chi connectivity index (χ1v) is 23.0. The van der Waals surface area contributed by atoms with Crippen LogP contribution in [0.4, 0.5) is 23.3 Å². The third-order valence-electron chi connectivity index (χ3n) is 8.81. The van der Waals surface area contributed by atoms with Crippen molar-refractivity contribution in [2.75, 3.05) is 74.3 Å². The van der Waals surface area contributed by atoms with Crippen LogP contribution in [0.15, 0.2) is 87.7 Å². The third-order valence-corrected chi connectivity index (χ3v) is 10.2. The van der Waals surface area contributed by atoms with Crippen molar-refractivity contribution in [2.24, 2.45) is 8.73 Å². The molecule has 3 aromatic heterocycles. The average molecular weight is 823 g/mol. The van der Waals surface area contributed by atoms with Crippen molar-refractivity contribution in [2.45, 2.75) is 39.8 Å². The number of nitrogens with zero attached hydrogens (tertiary/aromatic N) is 9. The molecule has 0 amide bonds. The Morgan fingerprint density at radius 1 is 0.750 bits per heavy atom. The minimum absolute atomic E-state index is 0. The molecule has 2 aliphatic heterocycles. The molecule has 300 valence electrons. The molecule has 0 N–H and O–H groups in total. The number of rotatable bonds is 5. The lowest BCUT2D eigenvalue weighted by Crippen LogP contribution is -2.44. The molecule has 2 saturated heterocycles. The summed E-state index contributed by atoms with van der Waals surface area (Å²) in [6.45, 7) is 8.24. The van der Waals surface area contributed by atoms with E-state index in [2.05, 4.69) is 89.8 Å². The Kier molecular flexibility index (Phi) is 14.3. The van der Waals surface area contributed by atoms with E-state index in [0.717, 1.165) is 36.2 Å². The van der Waals surface area contributed by atoms with Crippen LogP contribution in [0, 0.1) is 0 Å². The van der Waals surface area contributed by atoms with Gasteiger partial charge in [-0.05, 0) is 55.1 Å². The number of anilines is 2. The number of hydrogen-bond acceptors (Lipinski definition) is 12. The predicted octanol–water partition coefficient (Wildman–Crippen LogP) is 7.61. The van der Waals surface area contributed by atoms with E-state index in [1.165, 1.54) is 11.1 Å². The number of aromatic nitrogens is 5. The maximum atomic E-state index is 12.3. The number of fused-ring (bicyclic) bond motifs is 2. The molecule has 2 fully saturated rings. The molecule has 5 aromatic rings.